The number of benzene rings is 2. The number of pyridine rings is 1. The number of hydrazine groups is 1. The molecular formula is C23H18N4O2S2. The minimum Gasteiger partial charge on any atom is -0.494 e. The number of nitrogens with zero attached hydrogens (tertiary/aromatic N) is 2. The van der Waals surface area contributed by atoms with Gasteiger partial charge in [0.15, 0.2) is 0 Å². The molecular weight excluding hydrogens is 428 g/mol. The predicted molar refractivity (Wildman–Crippen MR) is 127 cm³/mol. The quantitative estimate of drug-likeness (QED) is 0.341. The molecule has 0 fully saturated rings. The van der Waals surface area contributed by atoms with Crippen molar-refractivity contribution in [3.63, 3.8) is 0 Å². The Hall–Kier alpha value is -3.49. The number of para-hydroxylation sites is 1. The highest BCUT2D eigenvalue weighted by molar-refractivity contribution is 7.22. The molecule has 0 saturated carbocycles. The van der Waals surface area contributed by atoms with Gasteiger partial charge in [0.05, 0.1) is 33.5 Å². The fraction of sp³-hybridized carbons (Fsp3) is 0.0870. The molecule has 0 aliphatic rings. The van der Waals surface area contributed by atoms with Gasteiger partial charge in [0.1, 0.15) is 11.3 Å². The number of carbonyl (C=O) groups excluding carboxylic acids is 1. The van der Waals surface area contributed by atoms with Gasteiger partial charge < -0.3 is 4.74 Å². The number of rotatable bonds is 5. The van der Waals surface area contributed by atoms with Gasteiger partial charge in [0.25, 0.3) is 5.91 Å². The van der Waals surface area contributed by atoms with E-state index in [-0.39, 0.29) is 5.91 Å². The predicted octanol–water partition coefficient (Wildman–Crippen LogP) is 5.65. The molecule has 0 aliphatic heterocycles. The molecule has 5 rings (SSSR count). The number of ether oxygens (including phenoxy) is 1. The summed E-state index contributed by atoms with van der Waals surface area (Å²) in [4.78, 5) is 23.4. The minimum atomic E-state index is -0.251. The van der Waals surface area contributed by atoms with Crippen LogP contribution in [0.1, 0.15) is 15.9 Å². The van der Waals surface area contributed by atoms with Gasteiger partial charge in [0, 0.05) is 5.39 Å². The number of hydrogen-bond acceptors (Lipinski definition) is 7. The number of thiazole rings is 1. The number of aryl methyl sites for hydroxylation is 1. The van der Waals surface area contributed by atoms with E-state index in [0.717, 1.165) is 37.3 Å². The van der Waals surface area contributed by atoms with Crippen molar-refractivity contribution in [1.29, 1.82) is 0 Å². The number of fused-ring (bicyclic) bond motifs is 2. The summed E-state index contributed by atoms with van der Waals surface area (Å²) < 4.78 is 6.43. The Balaban J connectivity index is 1.47. The zero-order chi connectivity index (χ0) is 21.4. The summed E-state index contributed by atoms with van der Waals surface area (Å²) in [7, 11) is 1.62. The van der Waals surface area contributed by atoms with E-state index in [4.69, 9.17) is 9.72 Å². The van der Waals surface area contributed by atoms with Gasteiger partial charge in [-0.25, -0.2) is 9.97 Å². The second kappa shape index (κ2) is 7.98. The van der Waals surface area contributed by atoms with Gasteiger partial charge in [0.2, 0.25) is 5.13 Å². The van der Waals surface area contributed by atoms with Crippen LogP contribution in [0.5, 0.6) is 5.75 Å². The van der Waals surface area contributed by atoms with E-state index >= 15 is 0 Å². The van der Waals surface area contributed by atoms with Crippen molar-refractivity contribution in [1.82, 2.24) is 15.4 Å². The van der Waals surface area contributed by atoms with Crippen LogP contribution < -0.4 is 15.6 Å². The lowest BCUT2D eigenvalue weighted by atomic mass is 10.1. The number of methoxy groups -OCH3 is 1. The molecule has 0 atom stereocenters. The molecule has 8 heteroatoms. The maximum atomic E-state index is 13.1. The fourth-order valence-corrected chi connectivity index (χ4v) is 5.01. The Bertz CT molecular complexity index is 1410. The molecule has 3 heterocycles. The van der Waals surface area contributed by atoms with Gasteiger partial charge in [-0.1, -0.05) is 41.7 Å². The van der Waals surface area contributed by atoms with Gasteiger partial charge in [-0.15, -0.1) is 11.3 Å². The van der Waals surface area contributed by atoms with E-state index in [1.807, 2.05) is 66.9 Å². The second-order valence-corrected chi connectivity index (χ2v) is 8.86. The number of hydrogen-bond donors (Lipinski definition) is 2. The lowest BCUT2D eigenvalue weighted by molar-refractivity contribution is 0.0964. The Labute approximate surface area is 186 Å². The van der Waals surface area contributed by atoms with Crippen LogP contribution in [0.4, 0.5) is 5.13 Å². The van der Waals surface area contributed by atoms with E-state index in [2.05, 4.69) is 15.8 Å². The first-order valence-corrected chi connectivity index (χ1v) is 11.3. The molecule has 5 aromatic rings. The Kier molecular flexibility index (Phi) is 5.01. The monoisotopic (exact) mass is 446 g/mol. The van der Waals surface area contributed by atoms with E-state index < -0.39 is 0 Å². The van der Waals surface area contributed by atoms with E-state index in [0.29, 0.717) is 16.4 Å². The molecule has 2 N–H and O–H groups in total. The summed E-state index contributed by atoms with van der Waals surface area (Å²) in [5.41, 5.74) is 9.74. The molecule has 31 heavy (non-hydrogen) atoms. The van der Waals surface area contributed by atoms with Crippen LogP contribution in [0.3, 0.4) is 0 Å². The SMILES string of the molecule is COc1ccc(C)c2sc(NNC(=O)c3cc(-c4cccs4)nc4ccccc34)nc12. The zero-order valence-corrected chi connectivity index (χ0v) is 18.4. The van der Waals surface area contributed by atoms with Crippen molar-refractivity contribution in [2.24, 2.45) is 0 Å². The smallest absolute Gasteiger partial charge is 0.270 e. The average Bonchev–Trinajstić information content (AvgIpc) is 3.48. The van der Waals surface area contributed by atoms with Crippen molar-refractivity contribution in [3.05, 3.63) is 71.1 Å². The molecule has 0 aliphatic carbocycles. The summed E-state index contributed by atoms with van der Waals surface area (Å²) in [6, 6.07) is 17.3. The number of anilines is 1. The van der Waals surface area contributed by atoms with Crippen LogP contribution in [-0.2, 0) is 0 Å². The molecule has 2 aromatic carbocycles. The molecule has 0 unspecified atom stereocenters. The fourth-order valence-electron chi connectivity index (χ4n) is 3.42. The van der Waals surface area contributed by atoms with Gasteiger partial charge >= 0.3 is 0 Å². The Morgan fingerprint density at radius 2 is 1.94 bits per heavy atom. The van der Waals surface area contributed by atoms with Gasteiger partial charge in [-0.2, -0.15) is 0 Å². The highest BCUT2D eigenvalue weighted by Gasteiger charge is 2.16. The first-order valence-electron chi connectivity index (χ1n) is 9.58. The lowest BCUT2D eigenvalue weighted by Gasteiger charge is -2.10. The summed E-state index contributed by atoms with van der Waals surface area (Å²) in [5, 5.41) is 3.38. The molecule has 0 spiro atoms. The van der Waals surface area contributed by atoms with Crippen LogP contribution >= 0.6 is 22.7 Å². The number of carbonyl (C=O) groups is 1. The van der Waals surface area contributed by atoms with Crippen molar-refractivity contribution < 1.29 is 9.53 Å². The standard InChI is InChI=1S/C23H18N4O2S2/c1-13-9-10-18(29-2)20-21(13)31-23(25-20)27-26-22(28)15-12-17(19-8-5-11-30-19)24-16-7-4-3-6-14(15)16/h3-12H,1-2H3,(H,25,27)(H,26,28). The number of amides is 1. The third-order valence-electron chi connectivity index (χ3n) is 4.94. The summed E-state index contributed by atoms with van der Waals surface area (Å²) in [6.45, 7) is 2.03. The second-order valence-electron chi connectivity index (χ2n) is 6.91. The van der Waals surface area contributed by atoms with Crippen molar-refractivity contribution in [2.75, 3.05) is 12.5 Å². The number of thiophene rings is 1. The molecule has 6 nitrogen and oxygen atoms in total. The molecule has 3 aromatic heterocycles. The average molecular weight is 447 g/mol. The summed E-state index contributed by atoms with van der Waals surface area (Å²) in [5.74, 6) is 0.455. The lowest BCUT2D eigenvalue weighted by Crippen LogP contribution is -2.29. The van der Waals surface area contributed by atoms with Crippen LogP contribution in [0.15, 0.2) is 60.0 Å². The first kappa shape index (κ1) is 19.5. The minimum absolute atomic E-state index is 0.251. The van der Waals surface area contributed by atoms with Gasteiger partial charge in [-0.3, -0.25) is 15.6 Å². The maximum Gasteiger partial charge on any atom is 0.270 e. The molecule has 154 valence electrons. The van der Waals surface area contributed by atoms with E-state index in [1.54, 1.807) is 18.4 Å². The number of aromatic nitrogens is 2. The van der Waals surface area contributed by atoms with Crippen molar-refractivity contribution in [2.45, 2.75) is 6.92 Å². The molecule has 0 radical (unpaired) electrons. The van der Waals surface area contributed by atoms with Crippen molar-refractivity contribution in [3.8, 4) is 16.3 Å². The van der Waals surface area contributed by atoms with E-state index in [1.165, 1.54) is 11.3 Å². The third kappa shape index (κ3) is 3.60. The Morgan fingerprint density at radius 1 is 1.06 bits per heavy atom. The highest BCUT2D eigenvalue weighted by Crippen LogP contribution is 2.34. The molecule has 1 amide bonds. The van der Waals surface area contributed by atoms with Gasteiger partial charge in [-0.05, 0) is 42.1 Å². The Morgan fingerprint density at radius 3 is 2.74 bits per heavy atom. The molecule has 0 saturated heterocycles. The van der Waals surface area contributed by atoms with Crippen LogP contribution in [-0.4, -0.2) is 23.0 Å². The highest BCUT2D eigenvalue weighted by atomic mass is 32.1. The number of nitrogens with one attached hydrogen (secondary N) is 2. The summed E-state index contributed by atoms with van der Waals surface area (Å²) in [6.07, 6.45) is 0. The third-order valence-corrected chi connectivity index (χ3v) is 6.94. The first-order chi connectivity index (χ1) is 15.1. The van der Waals surface area contributed by atoms with E-state index in [9.17, 15) is 4.79 Å². The largest absolute Gasteiger partial charge is 0.494 e. The van der Waals surface area contributed by atoms with Crippen LogP contribution in [0.2, 0.25) is 0 Å². The topological polar surface area (TPSA) is 76.1 Å². The normalized spacial score (nSPS) is 11.0. The zero-order valence-electron chi connectivity index (χ0n) is 16.8. The molecule has 0 bridgehead atoms. The summed E-state index contributed by atoms with van der Waals surface area (Å²) >= 11 is 3.06. The van der Waals surface area contributed by atoms with Crippen LogP contribution in [0.25, 0.3) is 31.7 Å². The maximum absolute atomic E-state index is 13.1. The van der Waals surface area contributed by atoms with Crippen molar-refractivity contribution >= 4 is 54.8 Å². The van der Waals surface area contributed by atoms with Crippen LogP contribution in [0, 0.1) is 6.92 Å².